The van der Waals surface area contributed by atoms with E-state index in [2.05, 4.69) is 5.32 Å². The largest absolute Gasteiger partial charge is 0.507 e. The van der Waals surface area contributed by atoms with Crippen molar-refractivity contribution in [3.05, 3.63) is 65.3 Å². The molecule has 2 aromatic rings. The summed E-state index contributed by atoms with van der Waals surface area (Å²) in [6.07, 6.45) is 6.23. The Morgan fingerprint density at radius 3 is 2.28 bits per heavy atom. The smallest absolute Gasteiger partial charge is 0.314 e. The first-order valence-electron chi connectivity index (χ1n) is 11.9. The van der Waals surface area contributed by atoms with Crippen LogP contribution < -0.4 is 16.0 Å². The van der Waals surface area contributed by atoms with Crippen LogP contribution in [-0.2, 0) is 0 Å². The summed E-state index contributed by atoms with van der Waals surface area (Å²) in [5.41, 5.74) is 5.80. The molecule has 4 N–H and O–H groups in total. The van der Waals surface area contributed by atoms with Crippen molar-refractivity contribution in [1.29, 1.82) is 0 Å². The highest BCUT2D eigenvalue weighted by molar-refractivity contribution is 6.11. The standard InChI is InChI=1S/C26H30FN4O4.ClH/c27-23-20(30-13-2-1-3-14-30)10-11-21(32)22(23)24(33)17-6-8-18(9-7-17)25(34)29-19-5-4-15-31(16-12-19)26(28)35;/h6-12,19,32H,1-5,13-16H2,(H2,28,35)(H,29,34);1H/t19-;/m0./s1. The van der Waals surface area contributed by atoms with Gasteiger partial charge in [-0.15, -0.1) is 12.4 Å². The molecule has 2 saturated heterocycles. The molecule has 2 aliphatic heterocycles. The summed E-state index contributed by atoms with van der Waals surface area (Å²) in [6, 6.07) is 8.06. The number of phenolic OH excluding ortho intramolecular Hbond substituents is 1. The topological polar surface area (TPSA) is 116 Å². The van der Waals surface area contributed by atoms with Gasteiger partial charge in [-0.25, -0.2) is 9.18 Å². The molecule has 0 spiro atoms. The van der Waals surface area contributed by atoms with Crippen molar-refractivity contribution in [2.75, 3.05) is 31.1 Å². The number of nitrogens with two attached hydrogens (primary N) is 1. The van der Waals surface area contributed by atoms with Crippen molar-refractivity contribution in [2.45, 2.75) is 38.1 Å². The highest BCUT2D eigenvalue weighted by Gasteiger charge is 2.25. The number of phenols is 1. The minimum absolute atomic E-state index is 0. The molecule has 4 rings (SSSR count). The van der Waals surface area contributed by atoms with Gasteiger partial charge >= 0.3 is 6.03 Å². The molecule has 36 heavy (non-hydrogen) atoms. The number of ketones is 1. The highest BCUT2D eigenvalue weighted by atomic mass is 35.5. The highest BCUT2D eigenvalue weighted by Crippen LogP contribution is 2.32. The van der Waals surface area contributed by atoms with Crippen molar-refractivity contribution < 1.29 is 23.9 Å². The maximum Gasteiger partial charge on any atom is 0.314 e. The Balaban J connectivity index is 0.00000361. The van der Waals surface area contributed by atoms with Gasteiger partial charge in [0, 0.05) is 49.8 Å². The number of nitrogens with one attached hydrogen (secondary N) is 1. The van der Waals surface area contributed by atoms with E-state index in [9.17, 15) is 19.5 Å². The number of benzene rings is 2. The second-order valence-corrected chi connectivity index (χ2v) is 8.99. The summed E-state index contributed by atoms with van der Waals surface area (Å²) >= 11 is 0. The Bertz CT molecular complexity index is 1110. The Hall–Kier alpha value is -3.33. The molecule has 1 atom stereocenters. The summed E-state index contributed by atoms with van der Waals surface area (Å²) in [7, 11) is 0. The average Bonchev–Trinajstić information content (AvgIpc) is 3.10. The minimum atomic E-state index is -0.729. The van der Waals surface area contributed by atoms with Gasteiger partial charge in [0.15, 0.2) is 11.6 Å². The number of carbonyl (C=O) groups is 3. The van der Waals surface area contributed by atoms with Crippen LogP contribution in [0.1, 0.15) is 58.4 Å². The number of hydrogen-bond acceptors (Lipinski definition) is 5. The van der Waals surface area contributed by atoms with E-state index >= 15 is 4.39 Å². The molecule has 2 fully saturated rings. The van der Waals surface area contributed by atoms with Gasteiger partial charge in [0.1, 0.15) is 11.3 Å². The van der Waals surface area contributed by atoms with Gasteiger partial charge in [-0.3, -0.25) is 9.59 Å². The third-order valence-corrected chi connectivity index (χ3v) is 6.61. The maximum atomic E-state index is 15.3. The van der Waals surface area contributed by atoms with E-state index < -0.39 is 23.4 Å². The number of likely N-dealkylation sites (tertiary alicyclic amines) is 1. The molecule has 0 bridgehead atoms. The van der Waals surface area contributed by atoms with Gasteiger partial charge in [0.25, 0.3) is 5.91 Å². The fourth-order valence-electron chi connectivity index (χ4n) is 4.62. The van der Waals surface area contributed by atoms with Gasteiger partial charge in [0.05, 0.1) is 5.69 Å². The zero-order chi connectivity index (χ0) is 24.9. The molecule has 2 aromatic carbocycles. The van der Waals surface area contributed by atoms with Gasteiger partial charge in [-0.2, -0.15) is 0 Å². The molecule has 8 nitrogen and oxygen atoms in total. The van der Waals surface area contributed by atoms with Crippen LogP contribution in [0.2, 0.25) is 0 Å². The predicted octanol–water partition coefficient (Wildman–Crippen LogP) is 3.65. The van der Waals surface area contributed by atoms with Crippen LogP contribution in [0.5, 0.6) is 5.75 Å². The lowest BCUT2D eigenvalue weighted by Gasteiger charge is -2.29. The van der Waals surface area contributed by atoms with Crippen molar-refractivity contribution in [2.24, 2.45) is 5.73 Å². The van der Waals surface area contributed by atoms with Crippen LogP contribution in [0.3, 0.4) is 0 Å². The number of nitrogens with zero attached hydrogens (tertiary/aromatic N) is 2. The first-order chi connectivity index (χ1) is 16.8. The minimum Gasteiger partial charge on any atom is -0.507 e. The molecule has 2 heterocycles. The van der Waals surface area contributed by atoms with Crippen LogP contribution in [0.25, 0.3) is 0 Å². The number of primary amides is 1. The van der Waals surface area contributed by atoms with Gasteiger partial charge in [0.2, 0.25) is 0 Å². The van der Waals surface area contributed by atoms with E-state index in [0.29, 0.717) is 50.3 Å². The predicted molar refractivity (Wildman–Crippen MR) is 137 cm³/mol. The second kappa shape index (κ2) is 12.1. The number of piperidine rings is 1. The molecule has 0 aromatic heterocycles. The quantitative estimate of drug-likeness (QED) is 0.523. The fraction of sp³-hybridized carbons (Fsp3) is 0.385. The molecule has 1 radical (unpaired) electrons. The number of amides is 3. The summed E-state index contributed by atoms with van der Waals surface area (Å²) in [6.45, 7) is 2.31. The fourth-order valence-corrected chi connectivity index (χ4v) is 4.62. The summed E-state index contributed by atoms with van der Waals surface area (Å²) in [5.74, 6) is -2.11. The van der Waals surface area contributed by atoms with E-state index in [-0.39, 0.29) is 35.5 Å². The third-order valence-electron chi connectivity index (χ3n) is 6.61. The number of urea groups is 1. The van der Waals surface area contributed by atoms with Crippen molar-refractivity contribution in [1.82, 2.24) is 10.2 Å². The average molecular weight is 518 g/mol. The van der Waals surface area contributed by atoms with Crippen molar-refractivity contribution >= 4 is 35.8 Å². The monoisotopic (exact) mass is 517 g/mol. The summed E-state index contributed by atoms with van der Waals surface area (Å²) < 4.78 is 15.3. The number of aromatic hydroxyl groups is 1. The molecule has 0 saturated carbocycles. The lowest BCUT2D eigenvalue weighted by atomic mass is 9.99. The van der Waals surface area contributed by atoms with Gasteiger partial charge < -0.3 is 26.0 Å². The van der Waals surface area contributed by atoms with Crippen LogP contribution >= 0.6 is 12.4 Å². The second-order valence-electron chi connectivity index (χ2n) is 8.99. The molecule has 3 amide bonds. The SMILES string of the molecule is Cl.NC(=O)N1C[CH][C@@H](NC(=O)c2ccc(C(=O)c3c(O)ccc(N4CCCCC4)c3F)cc2)CCC1. The van der Waals surface area contributed by atoms with Crippen molar-refractivity contribution in [3.8, 4) is 5.75 Å². The lowest BCUT2D eigenvalue weighted by Crippen LogP contribution is -2.39. The zero-order valence-electron chi connectivity index (χ0n) is 19.9. The molecular formula is C26H31ClFN4O4. The van der Waals surface area contributed by atoms with Crippen molar-refractivity contribution in [3.63, 3.8) is 0 Å². The molecule has 2 aliphatic rings. The Morgan fingerprint density at radius 2 is 1.61 bits per heavy atom. The Morgan fingerprint density at radius 1 is 0.944 bits per heavy atom. The van der Waals surface area contributed by atoms with Gasteiger partial charge in [-0.1, -0.05) is 12.1 Å². The van der Waals surface area contributed by atoms with Crippen LogP contribution in [0.4, 0.5) is 14.9 Å². The first-order valence-corrected chi connectivity index (χ1v) is 11.9. The van der Waals surface area contributed by atoms with Crippen LogP contribution in [0.15, 0.2) is 36.4 Å². The number of hydrogen-bond donors (Lipinski definition) is 3. The maximum absolute atomic E-state index is 15.3. The Kier molecular flexibility index (Phi) is 9.14. The van der Waals surface area contributed by atoms with E-state index in [0.717, 1.165) is 19.3 Å². The molecule has 193 valence electrons. The van der Waals surface area contributed by atoms with Gasteiger partial charge in [-0.05, 0) is 56.4 Å². The summed E-state index contributed by atoms with van der Waals surface area (Å²) in [5, 5.41) is 13.2. The number of halogens is 2. The molecular weight excluding hydrogens is 487 g/mol. The normalized spacial score (nSPS) is 18.1. The summed E-state index contributed by atoms with van der Waals surface area (Å²) in [4.78, 5) is 40.5. The van der Waals surface area contributed by atoms with E-state index in [1.807, 2.05) is 11.3 Å². The zero-order valence-corrected chi connectivity index (χ0v) is 20.7. The molecule has 0 unspecified atom stereocenters. The van der Waals surface area contributed by atoms with Crippen LogP contribution in [0, 0.1) is 12.2 Å². The third kappa shape index (κ3) is 6.07. The first kappa shape index (κ1) is 27.3. The molecule has 0 aliphatic carbocycles. The van der Waals surface area contributed by atoms with E-state index in [1.54, 1.807) is 0 Å². The van der Waals surface area contributed by atoms with E-state index in [1.165, 1.54) is 41.3 Å². The van der Waals surface area contributed by atoms with E-state index in [4.69, 9.17) is 5.73 Å². The lowest BCUT2D eigenvalue weighted by molar-refractivity contribution is 0.0939. The van der Waals surface area contributed by atoms with Crippen LogP contribution in [-0.4, -0.2) is 59.9 Å². The Labute approximate surface area is 216 Å². The molecule has 10 heteroatoms. The number of anilines is 1. The number of rotatable bonds is 5. The number of carbonyl (C=O) groups excluding carboxylic acids is 3.